The molecule has 0 saturated carbocycles. The van der Waals surface area contributed by atoms with Crippen LogP contribution in [0.5, 0.6) is 5.75 Å². The smallest absolute Gasteiger partial charge is 0.217 e. The first kappa shape index (κ1) is 17.6. The van der Waals surface area contributed by atoms with Crippen LogP contribution in [0.3, 0.4) is 0 Å². The van der Waals surface area contributed by atoms with Gasteiger partial charge in [0.1, 0.15) is 17.5 Å². The molecular weight excluding hydrogens is 346 g/mol. The largest absolute Gasteiger partial charge is 0.593 e. The molecule has 2 heterocycles. The maximum Gasteiger partial charge on any atom is 0.217 e. The van der Waals surface area contributed by atoms with E-state index >= 15 is 0 Å². The molecular formula is C17H22ClN3O2S. The van der Waals surface area contributed by atoms with Crippen LogP contribution >= 0.6 is 11.6 Å². The molecule has 5 nitrogen and oxygen atoms in total. The maximum absolute atomic E-state index is 12.9. The highest BCUT2D eigenvalue weighted by molar-refractivity contribution is 7.89. The lowest BCUT2D eigenvalue weighted by Crippen LogP contribution is -2.42. The van der Waals surface area contributed by atoms with Crippen molar-refractivity contribution in [3.8, 4) is 5.75 Å². The van der Waals surface area contributed by atoms with Gasteiger partial charge < -0.3 is 9.29 Å². The average molecular weight is 368 g/mol. The molecule has 0 spiro atoms. The number of aromatic nitrogens is 2. The minimum atomic E-state index is -1.16. The van der Waals surface area contributed by atoms with E-state index in [4.69, 9.17) is 16.3 Å². The Balaban J connectivity index is 1.60. The molecule has 3 rings (SSSR count). The molecule has 24 heavy (non-hydrogen) atoms. The van der Waals surface area contributed by atoms with E-state index in [1.165, 1.54) is 0 Å². The van der Waals surface area contributed by atoms with Crippen molar-refractivity contribution in [3.05, 3.63) is 40.7 Å². The third-order valence-electron chi connectivity index (χ3n) is 4.35. The van der Waals surface area contributed by atoms with Gasteiger partial charge >= 0.3 is 0 Å². The van der Waals surface area contributed by atoms with Crippen LogP contribution in [0.2, 0.25) is 5.02 Å². The Morgan fingerprint density at radius 1 is 1.29 bits per heavy atom. The Labute approximate surface area is 150 Å². The summed E-state index contributed by atoms with van der Waals surface area (Å²) >= 11 is 4.83. The summed E-state index contributed by atoms with van der Waals surface area (Å²) in [5.74, 6) is 0.793. The highest BCUT2D eigenvalue weighted by Crippen LogP contribution is 2.27. The first-order chi connectivity index (χ1) is 11.5. The van der Waals surface area contributed by atoms with E-state index in [0.29, 0.717) is 5.02 Å². The number of nitrogens with zero attached hydrogens (tertiary/aromatic N) is 3. The average Bonchev–Trinajstić information content (AvgIpc) is 2.80. The Morgan fingerprint density at radius 2 is 2.00 bits per heavy atom. The second kappa shape index (κ2) is 7.35. The second-order valence-corrected chi connectivity index (χ2v) is 7.94. The topological polar surface area (TPSA) is 53.3 Å². The second-order valence-electron chi connectivity index (χ2n) is 6.08. The first-order valence-corrected chi connectivity index (χ1v) is 9.53. The monoisotopic (exact) mass is 367 g/mol. The number of ether oxygens (including phenoxy) is 1. The van der Waals surface area contributed by atoms with Gasteiger partial charge in [0.05, 0.1) is 17.1 Å². The van der Waals surface area contributed by atoms with Gasteiger partial charge in [-0.25, -0.2) is 0 Å². The van der Waals surface area contributed by atoms with Gasteiger partial charge in [0.25, 0.3) is 0 Å². The van der Waals surface area contributed by atoms with E-state index in [-0.39, 0.29) is 6.10 Å². The van der Waals surface area contributed by atoms with Gasteiger partial charge in [0, 0.05) is 38.0 Å². The van der Waals surface area contributed by atoms with Crippen molar-refractivity contribution in [2.45, 2.75) is 37.7 Å². The zero-order valence-corrected chi connectivity index (χ0v) is 15.7. The van der Waals surface area contributed by atoms with Crippen molar-refractivity contribution in [2.24, 2.45) is 7.05 Å². The zero-order valence-electron chi connectivity index (χ0n) is 14.2. The predicted octanol–water partition coefficient (Wildman–Crippen LogP) is 3.26. The Morgan fingerprint density at radius 3 is 2.58 bits per heavy atom. The van der Waals surface area contributed by atoms with E-state index in [2.05, 4.69) is 5.10 Å². The highest BCUT2D eigenvalue weighted by Gasteiger charge is 2.33. The van der Waals surface area contributed by atoms with Crippen LogP contribution in [0.4, 0.5) is 0 Å². The number of aryl methyl sites for hydroxylation is 2. The summed E-state index contributed by atoms with van der Waals surface area (Å²) in [5, 5.41) is 5.04. The van der Waals surface area contributed by atoms with Crippen LogP contribution in [0.1, 0.15) is 24.2 Å². The Hall–Kier alpha value is -1.21. The molecule has 1 aromatic heterocycles. The van der Waals surface area contributed by atoms with E-state index in [1.807, 2.05) is 49.5 Å². The molecule has 0 N–H and O–H groups in total. The van der Waals surface area contributed by atoms with E-state index in [9.17, 15) is 4.55 Å². The molecule has 0 radical (unpaired) electrons. The van der Waals surface area contributed by atoms with Gasteiger partial charge in [0.2, 0.25) is 4.90 Å². The molecule has 1 aliphatic rings. The van der Waals surface area contributed by atoms with Gasteiger partial charge in [0.15, 0.2) is 0 Å². The lowest BCUT2D eigenvalue weighted by molar-refractivity contribution is 0.135. The third kappa shape index (κ3) is 3.72. The summed E-state index contributed by atoms with van der Waals surface area (Å²) in [5.41, 5.74) is 1.80. The molecule has 0 aliphatic carbocycles. The quantitative estimate of drug-likeness (QED) is 0.778. The minimum absolute atomic E-state index is 0.132. The summed E-state index contributed by atoms with van der Waals surface area (Å²) < 4.78 is 22.7. The van der Waals surface area contributed by atoms with Crippen molar-refractivity contribution < 1.29 is 9.29 Å². The molecule has 1 atom stereocenters. The number of hydrogen-bond acceptors (Lipinski definition) is 4. The summed E-state index contributed by atoms with van der Waals surface area (Å²) in [6.45, 7) is 5.36. The standard InChI is InChI=1S/C17H22ClN3O2S/c1-12-17(13(2)20(3)19-12)24(22)21-9-7-15(8-10-21)23-16-6-4-5-14(18)11-16/h4-6,11,15H,7-10H2,1-3H3. The van der Waals surface area contributed by atoms with Crippen molar-refractivity contribution >= 4 is 23.0 Å². The van der Waals surface area contributed by atoms with Crippen molar-refractivity contribution in [3.63, 3.8) is 0 Å². The molecule has 1 aromatic carbocycles. The lowest BCUT2D eigenvalue weighted by atomic mass is 10.1. The molecule has 1 unspecified atom stereocenters. The van der Waals surface area contributed by atoms with Crippen molar-refractivity contribution in [1.29, 1.82) is 0 Å². The summed E-state index contributed by atoms with van der Waals surface area (Å²) in [6.07, 6.45) is 1.82. The van der Waals surface area contributed by atoms with Crippen molar-refractivity contribution in [2.75, 3.05) is 13.1 Å². The van der Waals surface area contributed by atoms with Crippen LogP contribution in [0.15, 0.2) is 29.2 Å². The molecule has 0 amide bonds. The fourth-order valence-electron chi connectivity index (χ4n) is 2.98. The molecule has 0 bridgehead atoms. The van der Waals surface area contributed by atoms with E-state index < -0.39 is 11.4 Å². The Kier molecular flexibility index (Phi) is 5.39. The third-order valence-corrected chi connectivity index (χ3v) is 6.36. The number of piperidine rings is 1. The van der Waals surface area contributed by atoms with E-state index in [1.54, 1.807) is 4.68 Å². The van der Waals surface area contributed by atoms with Crippen LogP contribution < -0.4 is 4.74 Å². The maximum atomic E-state index is 12.9. The minimum Gasteiger partial charge on any atom is -0.593 e. The zero-order chi connectivity index (χ0) is 17.3. The highest BCUT2D eigenvalue weighted by atomic mass is 35.5. The molecule has 130 valence electrons. The van der Waals surface area contributed by atoms with Crippen molar-refractivity contribution in [1.82, 2.24) is 14.1 Å². The summed E-state index contributed by atoms with van der Waals surface area (Å²) in [4.78, 5) is 0.840. The predicted molar refractivity (Wildman–Crippen MR) is 95.8 cm³/mol. The fourth-order valence-corrected chi connectivity index (χ4v) is 4.64. The molecule has 1 fully saturated rings. The number of hydrogen-bond donors (Lipinski definition) is 0. The normalized spacial score (nSPS) is 17.9. The number of benzene rings is 1. The molecule has 2 aromatic rings. The number of halogens is 1. The number of rotatable bonds is 4. The van der Waals surface area contributed by atoms with Crippen LogP contribution in [0.25, 0.3) is 0 Å². The van der Waals surface area contributed by atoms with Gasteiger partial charge in [-0.05, 0) is 32.0 Å². The van der Waals surface area contributed by atoms with Gasteiger partial charge in [-0.1, -0.05) is 17.7 Å². The Bertz CT molecular complexity index is 714. The van der Waals surface area contributed by atoms with Gasteiger partial charge in [-0.3, -0.25) is 4.68 Å². The SMILES string of the molecule is Cc1nn(C)c(C)c1[S+]([O-])N1CCC(Oc2cccc(Cl)c2)CC1. The molecule has 1 saturated heterocycles. The summed E-state index contributed by atoms with van der Waals surface area (Å²) in [7, 11) is 1.88. The summed E-state index contributed by atoms with van der Waals surface area (Å²) in [6, 6.07) is 7.46. The van der Waals surface area contributed by atoms with Crippen LogP contribution in [-0.4, -0.2) is 37.8 Å². The van der Waals surface area contributed by atoms with Gasteiger partial charge in [-0.15, -0.1) is 4.31 Å². The molecule has 7 heteroatoms. The lowest BCUT2D eigenvalue weighted by Gasteiger charge is -2.31. The van der Waals surface area contributed by atoms with Gasteiger partial charge in [-0.2, -0.15) is 5.10 Å². The first-order valence-electron chi connectivity index (χ1n) is 8.05. The molecule has 1 aliphatic heterocycles. The van der Waals surface area contributed by atoms with Crippen LogP contribution in [-0.2, 0) is 18.4 Å². The van der Waals surface area contributed by atoms with Crippen LogP contribution in [0, 0.1) is 13.8 Å². The fraction of sp³-hybridized carbons (Fsp3) is 0.471. The van der Waals surface area contributed by atoms with E-state index in [0.717, 1.165) is 48.0 Å².